The van der Waals surface area contributed by atoms with Gasteiger partial charge in [-0.1, -0.05) is 24.3 Å². The van der Waals surface area contributed by atoms with Crippen molar-refractivity contribution in [2.24, 2.45) is 4.99 Å². The molecule has 0 saturated heterocycles. The molecular weight excluding hydrogens is 321 g/mol. The molecule has 0 spiro atoms. The molecule has 6 heteroatoms. The maximum Gasteiger partial charge on any atom is 0.191 e. The lowest BCUT2D eigenvalue weighted by Crippen LogP contribution is -2.37. The highest BCUT2D eigenvalue weighted by atomic mass is 19.1. The van der Waals surface area contributed by atoms with E-state index in [1.54, 1.807) is 33.4 Å². The summed E-state index contributed by atoms with van der Waals surface area (Å²) in [6.45, 7) is 1.25. The summed E-state index contributed by atoms with van der Waals surface area (Å²) >= 11 is 0. The zero-order chi connectivity index (χ0) is 18.1. The van der Waals surface area contributed by atoms with E-state index in [2.05, 4.69) is 15.6 Å². The van der Waals surface area contributed by atoms with Crippen LogP contribution in [0.2, 0.25) is 0 Å². The van der Waals surface area contributed by atoms with Gasteiger partial charge in [-0.2, -0.15) is 0 Å². The molecule has 0 amide bonds. The molecule has 0 heterocycles. The number of hydrogen-bond acceptors (Lipinski definition) is 3. The van der Waals surface area contributed by atoms with Gasteiger partial charge >= 0.3 is 0 Å². The number of ether oxygens (including phenoxy) is 2. The van der Waals surface area contributed by atoms with E-state index < -0.39 is 0 Å². The predicted octanol–water partition coefficient (Wildman–Crippen LogP) is 2.75. The van der Waals surface area contributed by atoms with Crippen molar-refractivity contribution in [3.63, 3.8) is 0 Å². The van der Waals surface area contributed by atoms with E-state index in [0.717, 1.165) is 17.5 Å². The van der Waals surface area contributed by atoms with Crippen LogP contribution in [0.3, 0.4) is 0 Å². The number of guanidine groups is 1. The molecule has 0 fully saturated rings. The summed E-state index contributed by atoms with van der Waals surface area (Å²) in [7, 11) is 4.96. The number of rotatable bonds is 7. The van der Waals surface area contributed by atoms with Crippen molar-refractivity contribution in [1.82, 2.24) is 10.6 Å². The first-order chi connectivity index (χ1) is 12.2. The van der Waals surface area contributed by atoms with Crippen LogP contribution < -0.4 is 20.1 Å². The molecule has 2 aromatic carbocycles. The third kappa shape index (κ3) is 5.38. The molecule has 134 valence electrons. The Labute approximate surface area is 147 Å². The Morgan fingerprint density at radius 3 is 2.44 bits per heavy atom. The van der Waals surface area contributed by atoms with E-state index in [4.69, 9.17) is 9.47 Å². The molecule has 5 nitrogen and oxygen atoms in total. The number of halogens is 1. The Kier molecular flexibility index (Phi) is 7.07. The van der Waals surface area contributed by atoms with Crippen LogP contribution in [0.25, 0.3) is 0 Å². The molecule has 0 radical (unpaired) electrons. The second-order valence-electron chi connectivity index (χ2n) is 5.38. The molecule has 0 atom stereocenters. The number of nitrogens with zero attached hydrogens (tertiary/aromatic N) is 1. The van der Waals surface area contributed by atoms with E-state index >= 15 is 0 Å². The fourth-order valence-electron chi connectivity index (χ4n) is 2.47. The summed E-state index contributed by atoms with van der Waals surface area (Å²) in [5.74, 6) is 1.87. The maximum atomic E-state index is 12.9. The number of benzene rings is 2. The SMILES string of the molecule is CN=C(NCCc1ccc(F)cc1)NCc1cccc(OC)c1OC. The first kappa shape index (κ1) is 18.6. The molecule has 2 aromatic rings. The van der Waals surface area contributed by atoms with Gasteiger partial charge in [-0.15, -0.1) is 0 Å². The van der Waals surface area contributed by atoms with Gasteiger partial charge in [0.05, 0.1) is 14.2 Å². The average molecular weight is 345 g/mol. The lowest BCUT2D eigenvalue weighted by Gasteiger charge is -2.15. The summed E-state index contributed by atoms with van der Waals surface area (Å²) in [4.78, 5) is 4.21. The van der Waals surface area contributed by atoms with Gasteiger partial charge in [-0.05, 0) is 30.2 Å². The molecule has 25 heavy (non-hydrogen) atoms. The molecule has 0 aliphatic carbocycles. The highest BCUT2D eigenvalue weighted by Gasteiger charge is 2.09. The highest BCUT2D eigenvalue weighted by Crippen LogP contribution is 2.30. The van der Waals surface area contributed by atoms with Crippen molar-refractivity contribution in [2.75, 3.05) is 27.8 Å². The van der Waals surface area contributed by atoms with E-state index in [1.165, 1.54) is 12.1 Å². The molecule has 0 unspecified atom stereocenters. The Morgan fingerprint density at radius 2 is 1.80 bits per heavy atom. The van der Waals surface area contributed by atoms with Gasteiger partial charge in [0.25, 0.3) is 0 Å². The summed E-state index contributed by atoms with van der Waals surface area (Å²) in [6.07, 6.45) is 0.781. The van der Waals surface area contributed by atoms with Crippen molar-refractivity contribution < 1.29 is 13.9 Å². The summed E-state index contributed by atoms with van der Waals surface area (Å²) in [5.41, 5.74) is 2.04. The van der Waals surface area contributed by atoms with Crippen LogP contribution >= 0.6 is 0 Å². The first-order valence-corrected chi connectivity index (χ1v) is 8.06. The zero-order valence-corrected chi connectivity index (χ0v) is 14.8. The third-order valence-electron chi connectivity index (χ3n) is 3.77. The predicted molar refractivity (Wildman–Crippen MR) is 97.9 cm³/mol. The van der Waals surface area contributed by atoms with Crippen molar-refractivity contribution >= 4 is 5.96 Å². The Bertz CT molecular complexity index is 702. The average Bonchev–Trinajstić information content (AvgIpc) is 2.65. The summed E-state index contributed by atoms with van der Waals surface area (Å²) in [5, 5.41) is 6.49. The van der Waals surface area contributed by atoms with E-state index in [-0.39, 0.29) is 5.82 Å². The normalized spacial score (nSPS) is 11.1. The van der Waals surface area contributed by atoms with Gasteiger partial charge in [0, 0.05) is 25.7 Å². The van der Waals surface area contributed by atoms with Gasteiger partial charge in [0.15, 0.2) is 17.5 Å². The summed E-state index contributed by atoms with van der Waals surface area (Å²) in [6, 6.07) is 12.3. The van der Waals surface area contributed by atoms with E-state index in [1.807, 2.05) is 18.2 Å². The topological polar surface area (TPSA) is 54.9 Å². The lowest BCUT2D eigenvalue weighted by atomic mass is 10.1. The van der Waals surface area contributed by atoms with Gasteiger partial charge in [-0.25, -0.2) is 4.39 Å². The van der Waals surface area contributed by atoms with Crippen molar-refractivity contribution in [3.8, 4) is 11.5 Å². The molecule has 0 aliphatic heterocycles. The largest absolute Gasteiger partial charge is 0.493 e. The minimum atomic E-state index is -0.221. The lowest BCUT2D eigenvalue weighted by molar-refractivity contribution is 0.351. The molecule has 0 aromatic heterocycles. The van der Waals surface area contributed by atoms with Crippen LogP contribution in [0.4, 0.5) is 4.39 Å². The number of para-hydroxylation sites is 1. The number of aliphatic imine (C=N–C) groups is 1. The maximum absolute atomic E-state index is 12.9. The Balaban J connectivity index is 1.87. The monoisotopic (exact) mass is 345 g/mol. The minimum absolute atomic E-state index is 0.221. The van der Waals surface area contributed by atoms with Crippen LogP contribution in [0.15, 0.2) is 47.5 Å². The first-order valence-electron chi connectivity index (χ1n) is 8.06. The van der Waals surface area contributed by atoms with Crippen molar-refractivity contribution in [2.45, 2.75) is 13.0 Å². The van der Waals surface area contributed by atoms with Gasteiger partial charge in [-0.3, -0.25) is 4.99 Å². The summed E-state index contributed by atoms with van der Waals surface area (Å²) < 4.78 is 23.6. The minimum Gasteiger partial charge on any atom is -0.493 e. The molecule has 2 rings (SSSR count). The fraction of sp³-hybridized carbons (Fsp3) is 0.316. The fourth-order valence-corrected chi connectivity index (χ4v) is 2.47. The Hall–Kier alpha value is -2.76. The highest BCUT2D eigenvalue weighted by molar-refractivity contribution is 5.79. The van der Waals surface area contributed by atoms with E-state index in [9.17, 15) is 4.39 Å². The standard InChI is InChI=1S/C19H24FN3O2/c1-21-19(22-12-11-14-7-9-16(20)10-8-14)23-13-15-5-4-6-17(24-2)18(15)25-3/h4-10H,11-13H2,1-3H3,(H2,21,22,23). The number of nitrogens with one attached hydrogen (secondary N) is 2. The number of hydrogen-bond donors (Lipinski definition) is 2. The van der Waals surface area contributed by atoms with E-state index in [0.29, 0.717) is 30.5 Å². The van der Waals surface area contributed by atoms with Crippen molar-refractivity contribution in [3.05, 3.63) is 59.4 Å². The number of methoxy groups -OCH3 is 2. The smallest absolute Gasteiger partial charge is 0.191 e. The van der Waals surface area contributed by atoms with Crippen LogP contribution in [0.1, 0.15) is 11.1 Å². The van der Waals surface area contributed by atoms with Gasteiger partial charge in [0.2, 0.25) is 0 Å². The second kappa shape index (κ2) is 9.52. The van der Waals surface area contributed by atoms with Gasteiger partial charge < -0.3 is 20.1 Å². The second-order valence-corrected chi connectivity index (χ2v) is 5.38. The quantitative estimate of drug-likeness (QED) is 0.598. The van der Waals surface area contributed by atoms with Crippen LogP contribution in [-0.2, 0) is 13.0 Å². The molecule has 2 N–H and O–H groups in total. The van der Waals surface area contributed by atoms with Crippen LogP contribution in [0.5, 0.6) is 11.5 Å². The molecule has 0 bridgehead atoms. The van der Waals surface area contributed by atoms with Crippen LogP contribution in [0, 0.1) is 5.82 Å². The zero-order valence-electron chi connectivity index (χ0n) is 14.8. The Morgan fingerprint density at radius 1 is 1.04 bits per heavy atom. The van der Waals surface area contributed by atoms with Gasteiger partial charge in [0.1, 0.15) is 5.82 Å². The van der Waals surface area contributed by atoms with Crippen LogP contribution in [-0.4, -0.2) is 33.8 Å². The molecular formula is C19H24FN3O2. The molecule has 0 aliphatic rings. The third-order valence-corrected chi connectivity index (χ3v) is 3.77. The van der Waals surface area contributed by atoms with Crippen molar-refractivity contribution in [1.29, 1.82) is 0 Å². The molecule has 0 saturated carbocycles.